The number of carbonyl (C=O) groups is 1. The van der Waals surface area contributed by atoms with E-state index in [1.54, 1.807) is 30.3 Å². The summed E-state index contributed by atoms with van der Waals surface area (Å²) in [6.07, 6.45) is 3.13. The first-order valence-electron chi connectivity index (χ1n) is 9.90. The molecule has 0 spiro atoms. The highest BCUT2D eigenvalue weighted by Crippen LogP contribution is 2.31. The lowest BCUT2D eigenvalue weighted by atomic mass is 10.1. The van der Waals surface area contributed by atoms with E-state index in [1.165, 1.54) is 24.3 Å². The fourth-order valence-electron chi connectivity index (χ4n) is 3.11. The minimum atomic E-state index is -0.487. The number of oxazole rings is 1. The molecular weight excluding hydrogens is 410 g/mol. The molecule has 0 aliphatic carbocycles. The van der Waals surface area contributed by atoms with Crippen molar-refractivity contribution < 1.29 is 18.9 Å². The van der Waals surface area contributed by atoms with Crippen molar-refractivity contribution in [3.8, 4) is 17.2 Å². The van der Waals surface area contributed by atoms with Gasteiger partial charge in [-0.1, -0.05) is 24.3 Å². The number of anilines is 1. The van der Waals surface area contributed by atoms with Gasteiger partial charge in [-0.3, -0.25) is 14.9 Å². The van der Waals surface area contributed by atoms with E-state index in [0.29, 0.717) is 29.0 Å². The van der Waals surface area contributed by atoms with Gasteiger partial charge in [0.25, 0.3) is 5.69 Å². The highest BCUT2D eigenvalue weighted by atomic mass is 16.6. The molecule has 0 radical (unpaired) electrons. The highest BCUT2D eigenvalue weighted by Gasteiger charge is 2.15. The molecule has 4 rings (SSSR count). The predicted octanol–water partition coefficient (Wildman–Crippen LogP) is 5.45. The maximum Gasteiger partial charge on any atom is 0.271 e. The maximum absolute atomic E-state index is 12.5. The standard InChI is InChI=1S/C24H19N3O5/c1-2-31-18-11-7-16(8-12-18)9-14-23(28)25-20-6-4-3-5-19(20)24-26-21-15-17(27(29)30)10-13-22(21)32-24/h3-15H,2H2,1H3,(H,25,28). The number of nitrogens with zero attached hydrogens (tertiary/aromatic N) is 2. The van der Waals surface area contributed by atoms with E-state index >= 15 is 0 Å². The quantitative estimate of drug-likeness (QED) is 0.238. The van der Waals surface area contributed by atoms with Crippen LogP contribution in [-0.2, 0) is 4.79 Å². The van der Waals surface area contributed by atoms with Gasteiger partial charge < -0.3 is 14.5 Å². The smallest absolute Gasteiger partial charge is 0.271 e. The van der Waals surface area contributed by atoms with Crippen molar-refractivity contribution in [1.82, 2.24) is 4.98 Å². The molecule has 1 heterocycles. The molecule has 0 saturated carbocycles. The number of rotatable bonds is 7. The molecule has 160 valence electrons. The van der Waals surface area contributed by atoms with Crippen molar-refractivity contribution in [3.63, 3.8) is 0 Å². The lowest BCUT2D eigenvalue weighted by Gasteiger charge is -2.07. The molecule has 0 bridgehead atoms. The van der Waals surface area contributed by atoms with E-state index in [9.17, 15) is 14.9 Å². The predicted molar refractivity (Wildman–Crippen MR) is 121 cm³/mol. The highest BCUT2D eigenvalue weighted by molar-refractivity contribution is 6.04. The number of nitrogens with one attached hydrogen (secondary N) is 1. The number of hydrogen-bond acceptors (Lipinski definition) is 6. The third-order valence-electron chi connectivity index (χ3n) is 4.62. The van der Waals surface area contributed by atoms with Gasteiger partial charge in [-0.05, 0) is 48.9 Å². The molecule has 0 atom stereocenters. The molecule has 4 aromatic rings. The van der Waals surface area contributed by atoms with Crippen molar-refractivity contribution in [2.45, 2.75) is 6.92 Å². The zero-order valence-electron chi connectivity index (χ0n) is 17.1. The zero-order valence-corrected chi connectivity index (χ0v) is 17.1. The van der Waals surface area contributed by atoms with Crippen LogP contribution in [0.3, 0.4) is 0 Å². The number of aromatic nitrogens is 1. The van der Waals surface area contributed by atoms with E-state index in [1.807, 2.05) is 31.2 Å². The number of benzene rings is 3. The van der Waals surface area contributed by atoms with Crippen LogP contribution in [0.25, 0.3) is 28.6 Å². The minimum absolute atomic E-state index is 0.0710. The SMILES string of the molecule is CCOc1ccc(C=CC(=O)Nc2ccccc2-c2nc3cc([N+](=O)[O-])ccc3o2)cc1. The summed E-state index contributed by atoms with van der Waals surface area (Å²) in [5.74, 6) is 0.705. The van der Waals surface area contributed by atoms with E-state index in [2.05, 4.69) is 10.3 Å². The second kappa shape index (κ2) is 9.13. The number of para-hydroxylation sites is 1. The normalized spacial score (nSPS) is 11.0. The summed E-state index contributed by atoms with van der Waals surface area (Å²) in [5, 5.41) is 13.8. The third-order valence-corrected chi connectivity index (χ3v) is 4.62. The second-order valence-electron chi connectivity index (χ2n) is 6.80. The van der Waals surface area contributed by atoms with Gasteiger partial charge in [0.1, 0.15) is 11.3 Å². The van der Waals surface area contributed by atoms with E-state index < -0.39 is 4.92 Å². The van der Waals surface area contributed by atoms with Gasteiger partial charge in [0.05, 0.1) is 22.8 Å². The Balaban J connectivity index is 1.54. The molecule has 1 amide bonds. The number of nitro benzene ring substituents is 1. The number of non-ortho nitro benzene ring substituents is 1. The van der Waals surface area contributed by atoms with E-state index in [0.717, 1.165) is 11.3 Å². The van der Waals surface area contributed by atoms with E-state index in [4.69, 9.17) is 9.15 Å². The average molecular weight is 429 g/mol. The number of ether oxygens (including phenoxy) is 1. The summed E-state index contributed by atoms with van der Waals surface area (Å²) in [6.45, 7) is 2.51. The van der Waals surface area contributed by atoms with Gasteiger partial charge in [0, 0.05) is 18.2 Å². The Labute approximate surface area is 183 Å². The van der Waals surface area contributed by atoms with Crippen LogP contribution in [0.1, 0.15) is 12.5 Å². The average Bonchev–Trinajstić information content (AvgIpc) is 3.22. The summed E-state index contributed by atoms with van der Waals surface area (Å²) in [4.78, 5) is 27.3. The van der Waals surface area contributed by atoms with Gasteiger partial charge in [0.2, 0.25) is 11.8 Å². The van der Waals surface area contributed by atoms with Crippen LogP contribution >= 0.6 is 0 Å². The Morgan fingerprint density at radius 2 is 1.94 bits per heavy atom. The molecule has 3 aromatic carbocycles. The number of carbonyl (C=O) groups excluding carboxylic acids is 1. The Bertz CT molecular complexity index is 1310. The lowest BCUT2D eigenvalue weighted by Crippen LogP contribution is -2.08. The Kier molecular flexibility index (Phi) is 5.94. The van der Waals surface area contributed by atoms with Gasteiger partial charge >= 0.3 is 0 Å². The van der Waals surface area contributed by atoms with Crippen molar-refractivity contribution >= 4 is 34.5 Å². The van der Waals surface area contributed by atoms with Crippen LogP contribution in [0, 0.1) is 10.1 Å². The first kappa shape index (κ1) is 20.8. The summed E-state index contributed by atoms with van der Waals surface area (Å²) >= 11 is 0. The largest absolute Gasteiger partial charge is 0.494 e. The lowest BCUT2D eigenvalue weighted by molar-refractivity contribution is -0.384. The topological polar surface area (TPSA) is 108 Å². The molecular formula is C24H19N3O5. The van der Waals surface area contributed by atoms with Crippen LogP contribution in [0.4, 0.5) is 11.4 Å². The van der Waals surface area contributed by atoms with E-state index in [-0.39, 0.29) is 17.5 Å². The summed E-state index contributed by atoms with van der Waals surface area (Å²) in [7, 11) is 0. The minimum Gasteiger partial charge on any atom is -0.494 e. The molecule has 0 saturated heterocycles. The number of fused-ring (bicyclic) bond motifs is 1. The van der Waals surface area contributed by atoms with Gasteiger partial charge in [0.15, 0.2) is 5.58 Å². The number of amides is 1. The van der Waals surface area contributed by atoms with Gasteiger partial charge in [-0.15, -0.1) is 0 Å². The molecule has 1 N–H and O–H groups in total. The summed E-state index contributed by atoms with van der Waals surface area (Å²) in [6, 6.07) is 18.7. The van der Waals surface area contributed by atoms with Crippen LogP contribution in [0.2, 0.25) is 0 Å². The number of nitro groups is 1. The first-order chi connectivity index (χ1) is 15.5. The Morgan fingerprint density at radius 3 is 2.69 bits per heavy atom. The molecule has 1 aromatic heterocycles. The summed E-state index contributed by atoms with van der Waals surface area (Å²) < 4.78 is 11.2. The van der Waals surface area contributed by atoms with Crippen molar-refractivity contribution in [1.29, 1.82) is 0 Å². The fourth-order valence-corrected chi connectivity index (χ4v) is 3.11. The van der Waals surface area contributed by atoms with Crippen LogP contribution in [0.15, 0.2) is 77.2 Å². The zero-order chi connectivity index (χ0) is 22.5. The van der Waals surface area contributed by atoms with Crippen LogP contribution in [0.5, 0.6) is 5.75 Å². The van der Waals surface area contributed by atoms with Crippen LogP contribution < -0.4 is 10.1 Å². The molecule has 8 heteroatoms. The van der Waals surface area contributed by atoms with Gasteiger partial charge in [-0.25, -0.2) is 4.98 Å². The number of hydrogen-bond donors (Lipinski definition) is 1. The van der Waals surface area contributed by atoms with Crippen LogP contribution in [-0.4, -0.2) is 22.4 Å². The Morgan fingerprint density at radius 1 is 1.16 bits per heavy atom. The van der Waals surface area contributed by atoms with Gasteiger partial charge in [-0.2, -0.15) is 0 Å². The Hall–Kier alpha value is -4.46. The third kappa shape index (κ3) is 4.65. The molecule has 0 aliphatic rings. The molecule has 8 nitrogen and oxygen atoms in total. The second-order valence-corrected chi connectivity index (χ2v) is 6.80. The molecule has 0 fully saturated rings. The maximum atomic E-state index is 12.5. The van der Waals surface area contributed by atoms with Crippen molar-refractivity contribution in [2.75, 3.05) is 11.9 Å². The molecule has 0 aliphatic heterocycles. The molecule has 32 heavy (non-hydrogen) atoms. The molecule has 0 unspecified atom stereocenters. The van der Waals surface area contributed by atoms with Crippen molar-refractivity contribution in [3.05, 3.63) is 88.5 Å². The van der Waals surface area contributed by atoms with Crippen molar-refractivity contribution in [2.24, 2.45) is 0 Å². The monoisotopic (exact) mass is 429 g/mol. The first-order valence-corrected chi connectivity index (χ1v) is 9.90. The summed E-state index contributed by atoms with van der Waals surface area (Å²) in [5.41, 5.74) is 2.65. The fraction of sp³-hybridized carbons (Fsp3) is 0.0833.